The minimum atomic E-state index is -5.41. The Labute approximate surface area is 200 Å². The molecule has 0 fully saturated rings. The maximum absolute atomic E-state index is 13.7. The van der Waals surface area contributed by atoms with Gasteiger partial charge in [-0.2, -0.15) is 0 Å². The van der Waals surface area contributed by atoms with Crippen LogP contribution in [0.1, 0.15) is 47.8 Å². The van der Waals surface area contributed by atoms with E-state index >= 15 is 0 Å². The topological polar surface area (TPSA) is 55.8 Å². The summed E-state index contributed by atoms with van der Waals surface area (Å²) >= 11 is 0. The number of methoxy groups -OCH3 is 1. The van der Waals surface area contributed by atoms with Gasteiger partial charge in [-0.1, -0.05) is 16.6 Å². The Morgan fingerprint density at radius 2 is 1.48 bits per heavy atom. The largest absolute Gasteiger partial charge is 1.00 e. The fraction of sp³-hybridized carbons (Fsp3) is 0.529. The van der Waals surface area contributed by atoms with Crippen molar-refractivity contribution in [2.24, 2.45) is 0 Å². The average Bonchev–Trinajstić information content (AvgIpc) is 2.43. The van der Waals surface area contributed by atoms with Crippen LogP contribution in [0.15, 0.2) is 0 Å². The van der Waals surface area contributed by atoms with Crippen molar-refractivity contribution in [1.82, 2.24) is 0 Å². The van der Waals surface area contributed by atoms with Crippen LogP contribution in [-0.4, -0.2) is 38.8 Å². The fourth-order valence-corrected chi connectivity index (χ4v) is 3.05. The molecule has 10 heteroatoms. The molecule has 0 N–H and O–H groups in total. The number of rotatable bonds is 3. The van der Waals surface area contributed by atoms with E-state index in [2.05, 4.69) is 4.74 Å². The maximum atomic E-state index is 13.7. The second-order valence-corrected chi connectivity index (χ2v) is 7.12. The van der Waals surface area contributed by atoms with Gasteiger partial charge in [0, 0.05) is 7.05 Å². The van der Waals surface area contributed by atoms with Crippen molar-refractivity contribution >= 4 is 30.2 Å². The molecule has 0 saturated heterocycles. The van der Waals surface area contributed by atoms with Crippen molar-refractivity contribution in [3.63, 3.8) is 0 Å². The normalized spacial score (nSPS) is 11.5. The SMILES string of the molecule is COC(=O)c1c(C)c(N(C)C(=O)OC(C)(C)C)c(C)c([B-](F)(F)F)c1C.[K+]. The molecule has 0 aliphatic heterocycles. The van der Waals surface area contributed by atoms with Gasteiger partial charge < -0.3 is 22.4 Å². The van der Waals surface area contributed by atoms with E-state index in [0.717, 1.165) is 12.0 Å². The molecular formula is C17H24BF3KNO4. The predicted molar refractivity (Wildman–Crippen MR) is 95.3 cm³/mol. The van der Waals surface area contributed by atoms with E-state index in [1.807, 2.05) is 0 Å². The van der Waals surface area contributed by atoms with Crippen molar-refractivity contribution in [3.8, 4) is 0 Å². The summed E-state index contributed by atoms with van der Waals surface area (Å²) in [6.45, 7) is 3.53. The molecule has 0 saturated carbocycles. The molecule has 0 radical (unpaired) electrons. The number of halogens is 3. The maximum Gasteiger partial charge on any atom is 1.00 e. The van der Waals surface area contributed by atoms with Gasteiger partial charge in [0.2, 0.25) is 0 Å². The van der Waals surface area contributed by atoms with Gasteiger partial charge in [-0.25, -0.2) is 9.59 Å². The van der Waals surface area contributed by atoms with Gasteiger partial charge in [0.1, 0.15) is 5.60 Å². The van der Waals surface area contributed by atoms with Crippen LogP contribution in [0.25, 0.3) is 0 Å². The van der Waals surface area contributed by atoms with E-state index in [-0.39, 0.29) is 79.3 Å². The van der Waals surface area contributed by atoms with Crippen LogP contribution in [0.4, 0.5) is 23.4 Å². The first kappa shape index (κ1) is 26.5. The molecule has 1 amide bonds. The number of nitrogens with zero attached hydrogens (tertiary/aromatic N) is 1. The first-order valence-corrected chi connectivity index (χ1v) is 8.02. The average molecular weight is 413 g/mol. The Morgan fingerprint density at radius 1 is 1.00 bits per heavy atom. The molecule has 0 unspecified atom stereocenters. The van der Waals surface area contributed by atoms with E-state index in [9.17, 15) is 22.5 Å². The molecule has 0 spiro atoms. The molecule has 0 bridgehead atoms. The molecule has 0 aromatic heterocycles. The molecule has 0 aliphatic carbocycles. The van der Waals surface area contributed by atoms with Crippen LogP contribution >= 0.6 is 0 Å². The minimum Gasteiger partial charge on any atom is -0.465 e. The number of carbonyl (C=O) groups excluding carboxylic acids is 2. The van der Waals surface area contributed by atoms with Gasteiger partial charge in [0.15, 0.2) is 0 Å². The van der Waals surface area contributed by atoms with Crippen LogP contribution in [0.5, 0.6) is 0 Å². The summed E-state index contributed by atoms with van der Waals surface area (Å²) in [5.74, 6) is -0.889. The monoisotopic (exact) mass is 413 g/mol. The third-order valence-electron chi connectivity index (χ3n) is 3.99. The fourth-order valence-electron chi connectivity index (χ4n) is 3.05. The summed E-state index contributed by atoms with van der Waals surface area (Å²) in [5.41, 5.74) is -2.04. The van der Waals surface area contributed by atoms with Crippen molar-refractivity contribution < 1.29 is 83.4 Å². The number of carbonyl (C=O) groups is 2. The van der Waals surface area contributed by atoms with Gasteiger partial charge >= 0.3 is 70.4 Å². The van der Waals surface area contributed by atoms with E-state index in [0.29, 0.717) is 0 Å². The summed E-state index contributed by atoms with van der Waals surface area (Å²) in [6, 6.07) is 0. The number of amides is 1. The second-order valence-electron chi connectivity index (χ2n) is 7.12. The van der Waals surface area contributed by atoms with Gasteiger partial charge in [-0.15, -0.1) is 0 Å². The van der Waals surface area contributed by atoms with Crippen molar-refractivity contribution in [1.29, 1.82) is 0 Å². The van der Waals surface area contributed by atoms with Crippen LogP contribution in [0.3, 0.4) is 0 Å². The number of esters is 1. The van der Waals surface area contributed by atoms with Crippen molar-refractivity contribution in [2.45, 2.75) is 47.1 Å². The smallest absolute Gasteiger partial charge is 0.465 e. The molecule has 146 valence electrons. The van der Waals surface area contributed by atoms with Crippen LogP contribution in [0, 0.1) is 20.8 Å². The van der Waals surface area contributed by atoms with Gasteiger partial charge in [-0.05, 0) is 47.1 Å². The third kappa shape index (κ3) is 5.96. The molecule has 27 heavy (non-hydrogen) atoms. The molecule has 0 aliphatic rings. The van der Waals surface area contributed by atoms with Crippen LogP contribution in [-0.2, 0) is 9.47 Å². The summed E-state index contributed by atoms with van der Waals surface area (Å²) in [5, 5.41) is 0. The minimum absolute atomic E-state index is 0. The van der Waals surface area contributed by atoms with E-state index in [4.69, 9.17) is 4.74 Å². The molecule has 1 aromatic carbocycles. The van der Waals surface area contributed by atoms with Crippen LogP contribution in [0.2, 0.25) is 0 Å². The summed E-state index contributed by atoms with van der Waals surface area (Å²) < 4.78 is 50.9. The Morgan fingerprint density at radius 3 is 1.85 bits per heavy atom. The van der Waals surface area contributed by atoms with Crippen LogP contribution < -0.4 is 61.7 Å². The van der Waals surface area contributed by atoms with E-state index in [1.165, 1.54) is 27.8 Å². The van der Waals surface area contributed by atoms with Crippen molar-refractivity contribution in [3.05, 3.63) is 22.3 Å². The zero-order valence-corrected chi connectivity index (χ0v) is 20.4. The number of ether oxygens (including phenoxy) is 2. The number of hydrogen-bond donors (Lipinski definition) is 0. The quantitative estimate of drug-likeness (QED) is 0.544. The number of benzene rings is 1. The summed E-state index contributed by atoms with van der Waals surface area (Å²) in [6.07, 6.45) is -0.816. The van der Waals surface area contributed by atoms with Gasteiger partial charge in [0.25, 0.3) is 0 Å². The number of anilines is 1. The standard InChI is InChI=1S/C17H24BF3NO4.K/c1-9-12(15(23)25-8)10(2)14(11(3)13(9)18(19,20)21)22(7)16(24)26-17(4,5)6;/h1-8H3;/q-1;+1. The molecule has 0 atom stereocenters. The van der Waals surface area contributed by atoms with Gasteiger partial charge in [-0.3, -0.25) is 4.90 Å². The Bertz CT molecular complexity index is 745. The predicted octanol–water partition coefficient (Wildman–Crippen LogP) is 0.828. The third-order valence-corrected chi connectivity index (χ3v) is 3.99. The Hall–Kier alpha value is -0.549. The molecular weight excluding hydrogens is 389 g/mol. The Balaban J connectivity index is 0.00000676. The first-order valence-electron chi connectivity index (χ1n) is 8.02. The zero-order chi connectivity index (χ0) is 20.6. The van der Waals surface area contributed by atoms with Crippen molar-refractivity contribution in [2.75, 3.05) is 19.1 Å². The van der Waals surface area contributed by atoms with Gasteiger partial charge in [0.05, 0.1) is 18.4 Å². The van der Waals surface area contributed by atoms with E-state index in [1.54, 1.807) is 20.8 Å². The zero-order valence-electron chi connectivity index (χ0n) is 17.3. The van der Waals surface area contributed by atoms with E-state index < -0.39 is 30.1 Å². The first-order chi connectivity index (χ1) is 11.6. The molecule has 1 rings (SSSR count). The molecule has 5 nitrogen and oxygen atoms in total. The molecule has 1 aromatic rings. The Kier molecular flexibility index (Phi) is 9.11. The second kappa shape index (κ2) is 9.30. The summed E-state index contributed by atoms with van der Waals surface area (Å²) in [7, 11) is 2.41. The summed E-state index contributed by atoms with van der Waals surface area (Å²) in [4.78, 5) is 25.5. The molecule has 0 heterocycles. The number of hydrogen-bond acceptors (Lipinski definition) is 4.